The Bertz CT molecular complexity index is 346. The minimum atomic E-state index is -0.504. The summed E-state index contributed by atoms with van der Waals surface area (Å²) in [5.74, 6) is 0.778. The van der Waals surface area contributed by atoms with E-state index in [0.717, 1.165) is 6.42 Å². The van der Waals surface area contributed by atoms with Gasteiger partial charge < -0.3 is 9.47 Å². The quantitative estimate of drug-likeness (QED) is 0.695. The summed E-state index contributed by atoms with van der Waals surface area (Å²) in [6, 6.07) is 9.38. The fraction of sp³-hybridized carbons (Fsp3) is 0.533. The molecule has 0 fully saturated rings. The van der Waals surface area contributed by atoms with Crippen LogP contribution in [0.5, 0.6) is 5.75 Å². The average molecular weight is 250 g/mol. The monoisotopic (exact) mass is 250 g/mol. The van der Waals surface area contributed by atoms with E-state index in [9.17, 15) is 4.79 Å². The van der Waals surface area contributed by atoms with Crippen molar-refractivity contribution in [2.24, 2.45) is 5.92 Å². The summed E-state index contributed by atoms with van der Waals surface area (Å²) in [6.07, 6.45) is 1.05. The Kier molecular flexibility index (Phi) is 6.26. The third kappa shape index (κ3) is 5.21. The summed E-state index contributed by atoms with van der Waals surface area (Å²) in [5, 5.41) is 0. The van der Waals surface area contributed by atoms with Gasteiger partial charge in [0.2, 0.25) is 0 Å². The Balaban J connectivity index is 2.56. The molecule has 0 aliphatic carbocycles. The Morgan fingerprint density at radius 2 is 1.89 bits per heavy atom. The van der Waals surface area contributed by atoms with E-state index in [-0.39, 0.29) is 5.97 Å². The van der Waals surface area contributed by atoms with Gasteiger partial charge in [-0.15, -0.1) is 0 Å². The zero-order valence-corrected chi connectivity index (χ0v) is 11.4. The summed E-state index contributed by atoms with van der Waals surface area (Å²) in [7, 11) is 0. The molecule has 3 heteroatoms. The van der Waals surface area contributed by atoms with Crippen LogP contribution in [0.1, 0.15) is 33.6 Å². The number of carbonyl (C=O) groups excluding carboxylic acids is 1. The Hall–Kier alpha value is -1.51. The first kappa shape index (κ1) is 14.6. The molecule has 1 unspecified atom stereocenters. The average Bonchev–Trinajstić information content (AvgIpc) is 2.36. The highest BCUT2D eigenvalue weighted by atomic mass is 16.6. The van der Waals surface area contributed by atoms with Gasteiger partial charge in [0, 0.05) is 0 Å². The van der Waals surface area contributed by atoms with E-state index in [1.54, 1.807) is 0 Å². The van der Waals surface area contributed by atoms with Crippen LogP contribution >= 0.6 is 0 Å². The molecule has 18 heavy (non-hydrogen) atoms. The molecular formula is C15H22O3. The molecule has 3 nitrogen and oxygen atoms in total. The second-order valence-corrected chi connectivity index (χ2v) is 4.73. The topological polar surface area (TPSA) is 35.5 Å². The van der Waals surface area contributed by atoms with Crippen molar-refractivity contribution in [3.05, 3.63) is 30.3 Å². The van der Waals surface area contributed by atoms with Crippen LogP contribution in [0.25, 0.3) is 0 Å². The molecule has 0 saturated carbocycles. The van der Waals surface area contributed by atoms with Crippen molar-refractivity contribution in [3.8, 4) is 5.75 Å². The normalized spacial score (nSPS) is 12.2. The first-order valence-corrected chi connectivity index (χ1v) is 6.51. The lowest BCUT2D eigenvalue weighted by atomic mass is 10.2. The highest BCUT2D eigenvalue weighted by Crippen LogP contribution is 2.14. The molecule has 0 aromatic heterocycles. The maximum absolute atomic E-state index is 11.9. The van der Waals surface area contributed by atoms with E-state index in [0.29, 0.717) is 24.7 Å². The van der Waals surface area contributed by atoms with Crippen molar-refractivity contribution >= 4 is 5.97 Å². The van der Waals surface area contributed by atoms with Crippen LogP contribution in [-0.4, -0.2) is 18.7 Å². The lowest BCUT2D eigenvalue weighted by Gasteiger charge is -2.18. The molecule has 0 amide bonds. The minimum Gasteiger partial charge on any atom is -0.479 e. The molecule has 0 aliphatic heterocycles. The van der Waals surface area contributed by atoms with E-state index in [4.69, 9.17) is 9.47 Å². The first-order valence-electron chi connectivity index (χ1n) is 6.51. The van der Waals surface area contributed by atoms with Gasteiger partial charge in [-0.05, 0) is 24.5 Å². The van der Waals surface area contributed by atoms with Crippen molar-refractivity contribution in [1.82, 2.24) is 0 Å². The first-order chi connectivity index (χ1) is 8.63. The lowest BCUT2D eigenvalue weighted by Crippen LogP contribution is -2.30. The van der Waals surface area contributed by atoms with Crippen molar-refractivity contribution in [2.75, 3.05) is 6.61 Å². The van der Waals surface area contributed by atoms with Gasteiger partial charge in [0.05, 0.1) is 6.61 Å². The number of rotatable bonds is 7. The summed E-state index contributed by atoms with van der Waals surface area (Å²) < 4.78 is 10.9. The standard InChI is InChI=1S/C15H22O3/c1-4-8-14(15(16)17-11-12(2)3)18-13-9-6-5-7-10-13/h5-7,9-10,12,14H,4,8,11H2,1-3H3. The van der Waals surface area contributed by atoms with E-state index in [1.807, 2.05) is 51.1 Å². The third-order valence-corrected chi connectivity index (χ3v) is 2.39. The zero-order chi connectivity index (χ0) is 13.4. The molecule has 1 aromatic carbocycles. The predicted molar refractivity (Wildman–Crippen MR) is 71.6 cm³/mol. The van der Waals surface area contributed by atoms with Gasteiger partial charge in [0.1, 0.15) is 5.75 Å². The summed E-state index contributed by atoms with van der Waals surface area (Å²) in [5.41, 5.74) is 0. The number of hydrogen-bond donors (Lipinski definition) is 0. The van der Waals surface area contributed by atoms with Gasteiger partial charge in [-0.2, -0.15) is 0 Å². The summed E-state index contributed by atoms with van der Waals surface area (Å²) in [4.78, 5) is 11.9. The Morgan fingerprint density at radius 1 is 1.22 bits per heavy atom. The molecule has 1 atom stereocenters. The second kappa shape index (κ2) is 7.75. The fourth-order valence-electron chi connectivity index (χ4n) is 1.49. The Morgan fingerprint density at radius 3 is 2.44 bits per heavy atom. The van der Waals surface area contributed by atoms with Gasteiger partial charge in [-0.1, -0.05) is 45.4 Å². The molecule has 0 heterocycles. The largest absolute Gasteiger partial charge is 0.479 e. The molecule has 0 spiro atoms. The van der Waals surface area contributed by atoms with Crippen LogP contribution in [0, 0.1) is 5.92 Å². The van der Waals surface area contributed by atoms with Crippen LogP contribution < -0.4 is 4.74 Å². The van der Waals surface area contributed by atoms with Crippen LogP contribution in [-0.2, 0) is 9.53 Å². The fourth-order valence-corrected chi connectivity index (χ4v) is 1.49. The van der Waals surface area contributed by atoms with Gasteiger partial charge in [0.25, 0.3) is 0 Å². The number of esters is 1. The lowest BCUT2D eigenvalue weighted by molar-refractivity contribution is -0.153. The number of benzene rings is 1. The SMILES string of the molecule is CCCC(Oc1ccccc1)C(=O)OCC(C)C. The third-order valence-electron chi connectivity index (χ3n) is 2.39. The summed E-state index contributed by atoms with van der Waals surface area (Å²) in [6.45, 7) is 6.49. The number of hydrogen-bond acceptors (Lipinski definition) is 3. The van der Waals surface area contributed by atoms with Crippen molar-refractivity contribution < 1.29 is 14.3 Å². The smallest absolute Gasteiger partial charge is 0.347 e. The molecular weight excluding hydrogens is 228 g/mol. The van der Waals surface area contributed by atoms with Crippen molar-refractivity contribution in [2.45, 2.75) is 39.7 Å². The van der Waals surface area contributed by atoms with Crippen LogP contribution in [0.15, 0.2) is 30.3 Å². The van der Waals surface area contributed by atoms with Crippen molar-refractivity contribution in [1.29, 1.82) is 0 Å². The highest BCUT2D eigenvalue weighted by molar-refractivity contribution is 5.75. The minimum absolute atomic E-state index is 0.269. The molecule has 0 aliphatic rings. The van der Waals surface area contributed by atoms with E-state index >= 15 is 0 Å². The van der Waals surface area contributed by atoms with Gasteiger partial charge in [-0.3, -0.25) is 0 Å². The molecule has 100 valence electrons. The maximum atomic E-state index is 11.9. The van der Waals surface area contributed by atoms with E-state index in [1.165, 1.54) is 0 Å². The molecule has 0 radical (unpaired) electrons. The number of carbonyl (C=O) groups is 1. The Labute approximate surface area is 109 Å². The molecule has 0 bridgehead atoms. The van der Waals surface area contributed by atoms with Gasteiger partial charge in [0.15, 0.2) is 6.10 Å². The second-order valence-electron chi connectivity index (χ2n) is 4.73. The van der Waals surface area contributed by atoms with E-state index < -0.39 is 6.10 Å². The molecule has 1 rings (SSSR count). The molecule has 0 N–H and O–H groups in total. The predicted octanol–water partition coefficient (Wildman–Crippen LogP) is 3.43. The molecule has 0 saturated heterocycles. The van der Waals surface area contributed by atoms with E-state index in [2.05, 4.69) is 0 Å². The molecule has 1 aromatic rings. The highest BCUT2D eigenvalue weighted by Gasteiger charge is 2.21. The summed E-state index contributed by atoms with van der Waals surface area (Å²) >= 11 is 0. The van der Waals surface area contributed by atoms with Gasteiger partial charge in [-0.25, -0.2) is 4.79 Å². The number of ether oxygens (including phenoxy) is 2. The van der Waals surface area contributed by atoms with Gasteiger partial charge >= 0.3 is 5.97 Å². The zero-order valence-electron chi connectivity index (χ0n) is 11.4. The maximum Gasteiger partial charge on any atom is 0.347 e. The van der Waals surface area contributed by atoms with Crippen LogP contribution in [0.3, 0.4) is 0 Å². The van der Waals surface area contributed by atoms with Crippen LogP contribution in [0.2, 0.25) is 0 Å². The van der Waals surface area contributed by atoms with Crippen molar-refractivity contribution in [3.63, 3.8) is 0 Å². The van der Waals surface area contributed by atoms with Crippen LogP contribution in [0.4, 0.5) is 0 Å². The number of para-hydroxylation sites is 1.